The smallest absolute Gasteiger partial charge is 0.308 e. The van der Waals surface area contributed by atoms with Crippen molar-refractivity contribution in [2.24, 2.45) is 5.92 Å². The van der Waals surface area contributed by atoms with Crippen molar-refractivity contribution in [2.45, 2.75) is 19.8 Å². The van der Waals surface area contributed by atoms with E-state index in [1.54, 1.807) is 29.2 Å². The van der Waals surface area contributed by atoms with E-state index < -0.39 is 11.9 Å². The van der Waals surface area contributed by atoms with Crippen molar-refractivity contribution in [1.82, 2.24) is 4.90 Å². The van der Waals surface area contributed by atoms with Gasteiger partial charge in [-0.3, -0.25) is 14.4 Å². The fourth-order valence-electron chi connectivity index (χ4n) is 2.48. The Balaban J connectivity index is 2.12. The molecule has 1 heterocycles. The summed E-state index contributed by atoms with van der Waals surface area (Å²) in [7, 11) is 0. The van der Waals surface area contributed by atoms with Gasteiger partial charge in [-0.05, 0) is 31.0 Å². The number of amides is 2. The number of carboxylic acids is 1. The highest BCUT2D eigenvalue weighted by Crippen LogP contribution is 2.20. The molecule has 1 aromatic carbocycles. The fourth-order valence-corrected chi connectivity index (χ4v) is 2.48. The topological polar surface area (TPSA) is 86.7 Å². The van der Waals surface area contributed by atoms with E-state index in [1.165, 1.54) is 6.92 Å². The number of piperidine rings is 1. The summed E-state index contributed by atoms with van der Waals surface area (Å²) in [6, 6.07) is 6.66. The third-order valence-electron chi connectivity index (χ3n) is 3.49. The second-order valence-electron chi connectivity index (χ2n) is 5.19. The number of anilines is 1. The predicted molar refractivity (Wildman–Crippen MR) is 77.0 cm³/mol. The van der Waals surface area contributed by atoms with Crippen LogP contribution in [0.5, 0.6) is 0 Å². The van der Waals surface area contributed by atoms with Crippen LogP contribution < -0.4 is 5.32 Å². The molecule has 0 spiro atoms. The van der Waals surface area contributed by atoms with E-state index in [9.17, 15) is 14.4 Å². The quantitative estimate of drug-likeness (QED) is 0.885. The second-order valence-corrected chi connectivity index (χ2v) is 5.19. The molecule has 1 fully saturated rings. The molecule has 0 aliphatic carbocycles. The first-order valence-electron chi connectivity index (χ1n) is 6.87. The van der Waals surface area contributed by atoms with Crippen LogP contribution in [0.1, 0.15) is 30.1 Å². The minimum atomic E-state index is -0.862. The molecule has 0 aromatic heterocycles. The van der Waals surface area contributed by atoms with Crippen LogP contribution in [0.3, 0.4) is 0 Å². The molecule has 1 atom stereocenters. The van der Waals surface area contributed by atoms with Crippen molar-refractivity contribution in [3.63, 3.8) is 0 Å². The lowest BCUT2D eigenvalue weighted by Gasteiger charge is -2.30. The number of hydrogen-bond donors (Lipinski definition) is 2. The van der Waals surface area contributed by atoms with Crippen molar-refractivity contribution in [1.29, 1.82) is 0 Å². The molecule has 2 amide bonds. The highest BCUT2D eigenvalue weighted by atomic mass is 16.4. The standard InChI is InChI=1S/C15H18N2O4/c1-10(18)16-13-6-2-4-11(8-13)14(19)17-7-3-5-12(9-17)15(20)21/h2,4,6,8,12H,3,5,7,9H2,1H3,(H,16,18)(H,20,21)/t12-/m1/s1. The van der Waals surface area contributed by atoms with Gasteiger partial charge in [0.05, 0.1) is 5.92 Å². The van der Waals surface area contributed by atoms with Crippen LogP contribution >= 0.6 is 0 Å². The Morgan fingerprint density at radius 3 is 2.76 bits per heavy atom. The third kappa shape index (κ3) is 3.81. The van der Waals surface area contributed by atoms with E-state index >= 15 is 0 Å². The summed E-state index contributed by atoms with van der Waals surface area (Å²) in [5.74, 6) is -1.77. The van der Waals surface area contributed by atoms with Gasteiger partial charge in [0.1, 0.15) is 0 Å². The van der Waals surface area contributed by atoms with E-state index in [4.69, 9.17) is 5.11 Å². The third-order valence-corrected chi connectivity index (χ3v) is 3.49. The molecule has 1 aliphatic rings. The summed E-state index contributed by atoms with van der Waals surface area (Å²) in [6.45, 7) is 2.20. The monoisotopic (exact) mass is 290 g/mol. The number of carboxylic acid groups (broad SMARTS) is 1. The summed E-state index contributed by atoms with van der Waals surface area (Å²) in [4.78, 5) is 36.1. The van der Waals surface area contributed by atoms with Crippen molar-refractivity contribution >= 4 is 23.5 Å². The second kappa shape index (κ2) is 6.39. The number of rotatable bonds is 3. The molecule has 1 aromatic rings. The van der Waals surface area contributed by atoms with Gasteiger partial charge in [0.2, 0.25) is 5.91 Å². The Labute approximate surface area is 122 Å². The lowest BCUT2D eigenvalue weighted by atomic mass is 9.97. The minimum absolute atomic E-state index is 0.201. The van der Waals surface area contributed by atoms with E-state index in [1.807, 2.05) is 0 Å². The first kappa shape index (κ1) is 15.0. The molecule has 2 N–H and O–H groups in total. The van der Waals surface area contributed by atoms with Crippen molar-refractivity contribution in [3.8, 4) is 0 Å². The van der Waals surface area contributed by atoms with Gasteiger partial charge in [-0.1, -0.05) is 6.07 Å². The lowest BCUT2D eigenvalue weighted by Crippen LogP contribution is -2.42. The number of likely N-dealkylation sites (tertiary alicyclic amines) is 1. The van der Waals surface area contributed by atoms with E-state index in [2.05, 4.69) is 5.32 Å². The number of nitrogens with one attached hydrogen (secondary N) is 1. The number of hydrogen-bond acceptors (Lipinski definition) is 3. The average Bonchev–Trinajstić information content (AvgIpc) is 2.46. The van der Waals surface area contributed by atoms with Gasteiger partial charge in [-0.25, -0.2) is 0 Å². The molecule has 0 radical (unpaired) electrons. The van der Waals surface area contributed by atoms with Crippen LogP contribution in [0.25, 0.3) is 0 Å². The Kier molecular flexibility index (Phi) is 4.57. The predicted octanol–water partition coefficient (Wildman–Crippen LogP) is 1.58. The van der Waals surface area contributed by atoms with Crippen LogP contribution in [-0.4, -0.2) is 40.9 Å². The maximum atomic E-state index is 12.4. The van der Waals surface area contributed by atoms with Gasteiger partial charge in [0, 0.05) is 31.3 Å². The molecule has 6 heteroatoms. The number of benzene rings is 1. The summed E-state index contributed by atoms with van der Waals surface area (Å²) >= 11 is 0. The number of carbonyl (C=O) groups excluding carboxylic acids is 2. The molecule has 6 nitrogen and oxygen atoms in total. The molecular weight excluding hydrogens is 272 g/mol. The van der Waals surface area contributed by atoms with Crippen LogP contribution in [0, 0.1) is 5.92 Å². The van der Waals surface area contributed by atoms with E-state index in [0.717, 1.165) is 0 Å². The first-order valence-corrected chi connectivity index (χ1v) is 6.87. The zero-order valence-corrected chi connectivity index (χ0v) is 11.8. The summed E-state index contributed by atoms with van der Waals surface area (Å²) < 4.78 is 0. The minimum Gasteiger partial charge on any atom is -0.481 e. The molecule has 21 heavy (non-hydrogen) atoms. The van der Waals surface area contributed by atoms with Gasteiger partial charge < -0.3 is 15.3 Å². The van der Waals surface area contributed by atoms with Crippen LogP contribution in [-0.2, 0) is 9.59 Å². The zero-order valence-electron chi connectivity index (χ0n) is 11.8. The van der Waals surface area contributed by atoms with Gasteiger partial charge in [0.25, 0.3) is 5.91 Å². The molecular formula is C15H18N2O4. The largest absolute Gasteiger partial charge is 0.481 e. The van der Waals surface area contributed by atoms with Crippen molar-refractivity contribution in [2.75, 3.05) is 18.4 Å². The Hall–Kier alpha value is -2.37. The maximum absolute atomic E-state index is 12.4. The molecule has 0 bridgehead atoms. The normalized spacial score (nSPS) is 18.1. The average molecular weight is 290 g/mol. The van der Waals surface area contributed by atoms with Crippen molar-refractivity contribution < 1.29 is 19.5 Å². The number of aliphatic carboxylic acids is 1. The van der Waals surface area contributed by atoms with Crippen LogP contribution in [0.4, 0.5) is 5.69 Å². The molecule has 0 unspecified atom stereocenters. The van der Waals surface area contributed by atoms with Crippen molar-refractivity contribution in [3.05, 3.63) is 29.8 Å². The molecule has 112 valence electrons. The van der Waals surface area contributed by atoms with E-state index in [0.29, 0.717) is 30.6 Å². The maximum Gasteiger partial charge on any atom is 0.308 e. The molecule has 2 rings (SSSR count). The highest BCUT2D eigenvalue weighted by Gasteiger charge is 2.28. The first-order chi connectivity index (χ1) is 9.97. The molecule has 1 saturated heterocycles. The Morgan fingerprint density at radius 2 is 2.10 bits per heavy atom. The lowest BCUT2D eigenvalue weighted by molar-refractivity contribution is -0.143. The summed E-state index contributed by atoms with van der Waals surface area (Å²) in [5, 5.41) is 11.7. The van der Waals surface area contributed by atoms with Crippen LogP contribution in [0.15, 0.2) is 24.3 Å². The fraction of sp³-hybridized carbons (Fsp3) is 0.400. The molecule has 1 aliphatic heterocycles. The Morgan fingerprint density at radius 1 is 1.33 bits per heavy atom. The van der Waals surface area contributed by atoms with Gasteiger partial charge in [0.15, 0.2) is 0 Å². The van der Waals surface area contributed by atoms with Gasteiger partial charge in [-0.2, -0.15) is 0 Å². The van der Waals surface area contributed by atoms with Crippen LogP contribution in [0.2, 0.25) is 0 Å². The van der Waals surface area contributed by atoms with E-state index in [-0.39, 0.29) is 18.4 Å². The van der Waals surface area contributed by atoms with Gasteiger partial charge in [-0.15, -0.1) is 0 Å². The number of carbonyl (C=O) groups is 3. The number of nitrogens with zero attached hydrogens (tertiary/aromatic N) is 1. The SMILES string of the molecule is CC(=O)Nc1cccc(C(=O)N2CCC[C@@H](C(=O)O)C2)c1. The summed E-state index contributed by atoms with van der Waals surface area (Å²) in [6.07, 6.45) is 1.29. The highest BCUT2D eigenvalue weighted by molar-refractivity contribution is 5.97. The summed E-state index contributed by atoms with van der Waals surface area (Å²) in [5.41, 5.74) is 1.01. The van der Waals surface area contributed by atoms with Gasteiger partial charge >= 0.3 is 5.97 Å². The Bertz CT molecular complexity index is 571. The zero-order chi connectivity index (χ0) is 15.4. The molecule has 0 saturated carbocycles.